The van der Waals surface area contributed by atoms with Crippen molar-refractivity contribution in [2.24, 2.45) is 0 Å². The van der Waals surface area contributed by atoms with E-state index in [1.807, 2.05) is 31.2 Å². The number of carbonyl (C=O) groups excluding carboxylic acids is 2. The van der Waals surface area contributed by atoms with Crippen LogP contribution < -0.4 is 4.90 Å². The quantitative estimate of drug-likeness (QED) is 0.589. The first kappa shape index (κ1) is 19.6. The van der Waals surface area contributed by atoms with E-state index in [2.05, 4.69) is 15.0 Å². The molecule has 1 amide bonds. The Labute approximate surface area is 167 Å². The number of anilines is 2. The van der Waals surface area contributed by atoms with Crippen LogP contribution in [0.1, 0.15) is 41.3 Å². The summed E-state index contributed by atoms with van der Waals surface area (Å²) in [7, 11) is 0. The Hall–Kier alpha value is -3.13. The van der Waals surface area contributed by atoms with Gasteiger partial charge in [-0.05, 0) is 25.0 Å². The van der Waals surface area contributed by atoms with Crippen LogP contribution in [0.4, 0.5) is 10.8 Å². The molecule has 1 aromatic carbocycles. The monoisotopic (exact) mass is 396 g/mol. The summed E-state index contributed by atoms with van der Waals surface area (Å²) in [5, 5.41) is 2.31. The van der Waals surface area contributed by atoms with Gasteiger partial charge in [0.2, 0.25) is 5.91 Å². The van der Waals surface area contributed by atoms with Gasteiger partial charge in [-0.1, -0.05) is 25.1 Å². The van der Waals surface area contributed by atoms with Gasteiger partial charge >= 0.3 is 5.97 Å². The minimum Gasteiger partial charge on any atom is -0.454 e. The van der Waals surface area contributed by atoms with Crippen LogP contribution in [-0.4, -0.2) is 26.8 Å². The zero-order valence-corrected chi connectivity index (χ0v) is 16.7. The van der Waals surface area contributed by atoms with Crippen LogP contribution in [-0.2, 0) is 22.6 Å². The predicted octanol–water partition coefficient (Wildman–Crippen LogP) is 3.85. The molecular weight excluding hydrogens is 376 g/mol. The van der Waals surface area contributed by atoms with Crippen molar-refractivity contribution >= 4 is 34.0 Å². The summed E-state index contributed by atoms with van der Waals surface area (Å²) in [4.78, 5) is 38.4. The van der Waals surface area contributed by atoms with Crippen molar-refractivity contribution in [3.8, 4) is 0 Å². The third kappa shape index (κ3) is 4.40. The van der Waals surface area contributed by atoms with Gasteiger partial charge in [0.15, 0.2) is 10.8 Å². The van der Waals surface area contributed by atoms with E-state index in [0.717, 1.165) is 23.4 Å². The number of hydrogen-bond donors (Lipinski definition) is 0. The average Bonchev–Trinajstić information content (AvgIpc) is 3.15. The maximum Gasteiger partial charge on any atom is 0.358 e. The lowest BCUT2D eigenvalue weighted by Crippen LogP contribution is -2.23. The molecular formula is C20H20N4O3S. The second-order valence-corrected chi connectivity index (χ2v) is 6.91. The third-order valence-electron chi connectivity index (χ3n) is 4.00. The summed E-state index contributed by atoms with van der Waals surface area (Å²) in [6.45, 7) is 5.32. The van der Waals surface area contributed by atoms with Crippen LogP contribution in [0.2, 0.25) is 0 Å². The number of ether oxygens (including phenoxy) is 1. The third-order valence-corrected chi connectivity index (χ3v) is 4.88. The molecule has 8 heteroatoms. The van der Waals surface area contributed by atoms with Crippen LogP contribution in [0.15, 0.2) is 42.0 Å². The molecule has 0 saturated carbocycles. The van der Waals surface area contributed by atoms with Crippen LogP contribution in [0, 0.1) is 6.92 Å². The standard InChI is InChI=1S/C20H20N4O3S/c1-4-15-7-5-6-8-18(15)24(14(3)25)20-23-16(12-28-20)11-27-19(26)17-10-21-13(2)9-22-17/h5-10,12H,4,11H2,1-3H3. The van der Waals surface area contributed by atoms with Crippen molar-refractivity contribution in [2.45, 2.75) is 33.8 Å². The second-order valence-electron chi connectivity index (χ2n) is 6.08. The van der Waals surface area contributed by atoms with Gasteiger partial charge < -0.3 is 4.74 Å². The Bertz CT molecular complexity index is 985. The summed E-state index contributed by atoms with van der Waals surface area (Å²) in [5.41, 5.74) is 3.29. The van der Waals surface area contributed by atoms with Gasteiger partial charge in [0.1, 0.15) is 6.61 Å². The van der Waals surface area contributed by atoms with Gasteiger partial charge in [-0.15, -0.1) is 11.3 Å². The van der Waals surface area contributed by atoms with E-state index in [9.17, 15) is 9.59 Å². The molecule has 3 aromatic rings. The van der Waals surface area contributed by atoms with Crippen LogP contribution >= 0.6 is 11.3 Å². The molecule has 0 unspecified atom stereocenters. The summed E-state index contributed by atoms with van der Waals surface area (Å²) < 4.78 is 5.26. The fraction of sp³-hybridized carbons (Fsp3) is 0.250. The van der Waals surface area contributed by atoms with Crippen molar-refractivity contribution in [1.82, 2.24) is 15.0 Å². The highest BCUT2D eigenvalue weighted by atomic mass is 32.1. The minimum atomic E-state index is -0.568. The first-order valence-electron chi connectivity index (χ1n) is 8.78. The lowest BCUT2D eigenvalue weighted by Gasteiger charge is -2.20. The number of thiazole rings is 1. The summed E-state index contributed by atoms with van der Waals surface area (Å²) >= 11 is 1.32. The molecule has 0 aliphatic rings. The molecule has 0 aliphatic heterocycles. The van der Waals surface area contributed by atoms with Crippen molar-refractivity contribution in [3.05, 3.63) is 64.7 Å². The smallest absolute Gasteiger partial charge is 0.358 e. The van der Waals surface area contributed by atoms with Crippen molar-refractivity contribution in [1.29, 1.82) is 0 Å². The summed E-state index contributed by atoms with van der Waals surface area (Å²) in [5.74, 6) is -0.699. The molecule has 0 spiro atoms. The highest BCUT2D eigenvalue weighted by molar-refractivity contribution is 7.14. The Morgan fingerprint density at radius 1 is 1.18 bits per heavy atom. The number of carbonyl (C=O) groups is 2. The topological polar surface area (TPSA) is 85.3 Å². The number of para-hydroxylation sites is 1. The Morgan fingerprint density at radius 3 is 2.64 bits per heavy atom. The van der Waals surface area contributed by atoms with Gasteiger partial charge in [0.05, 0.1) is 23.3 Å². The number of benzene rings is 1. The first-order valence-corrected chi connectivity index (χ1v) is 9.66. The number of hydrogen-bond acceptors (Lipinski definition) is 7. The van der Waals surface area contributed by atoms with Gasteiger partial charge in [-0.2, -0.15) is 0 Å². The molecule has 7 nitrogen and oxygen atoms in total. The fourth-order valence-electron chi connectivity index (χ4n) is 2.61. The molecule has 0 saturated heterocycles. The van der Waals surface area contributed by atoms with Crippen molar-refractivity contribution in [3.63, 3.8) is 0 Å². The van der Waals surface area contributed by atoms with Gasteiger partial charge in [0, 0.05) is 18.5 Å². The zero-order valence-electron chi connectivity index (χ0n) is 15.9. The summed E-state index contributed by atoms with van der Waals surface area (Å²) in [6.07, 6.45) is 3.68. The largest absolute Gasteiger partial charge is 0.454 e. The van der Waals surface area contributed by atoms with E-state index in [4.69, 9.17) is 4.74 Å². The van der Waals surface area contributed by atoms with E-state index < -0.39 is 5.97 Å². The maximum absolute atomic E-state index is 12.3. The van der Waals surface area contributed by atoms with E-state index in [1.54, 1.807) is 17.2 Å². The Kier molecular flexibility index (Phi) is 6.10. The van der Waals surface area contributed by atoms with Crippen LogP contribution in [0.3, 0.4) is 0 Å². The molecule has 0 atom stereocenters. The summed E-state index contributed by atoms with van der Waals surface area (Å²) in [6, 6.07) is 7.73. The highest BCUT2D eigenvalue weighted by Gasteiger charge is 2.20. The number of aryl methyl sites for hydroxylation is 2. The van der Waals surface area contributed by atoms with Crippen molar-refractivity contribution in [2.75, 3.05) is 4.90 Å². The molecule has 3 rings (SSSR count). The minimum absolute atomic E-state index is 0.00788. The molecule has 144 valence electrons. The van der Waals surface area contributed by atoms with Gasteiger partial charge in [0.25, 0.3) is 0 Å². The van der Waals surface area contributed by atoms with E-state index in [0.29, 0.717) is 10.8 Å². The number of aromatic nitrogens is 3. The zero-order chi connectivity index (χ0) is 20.1. The SMILES string of the molecule is CCc1ccccc1N(C(C)=O)c1nc(COC(=O)c2cnc(C)cn2)cs1. The van der Waals surface area contributed by atoms with E-state index in [1.165, 1.54) is 30.7 Å². The lowest BCUT2D eigenvalue weighted by atomic mass is 10.1. The molecule has 2 heterocycles. The van der Waals surface area contributed by atoms with Gasteiger partial charge in [-0.3, -0.25) is 14.7 Å². The number of nitrogens with zero attached hydrogens (tertiary/aromatic N) is 4. The van der Waals surface area contributed by atoms with E-state index >= 15 is 0 Å². The number of amides is 1. The molecule has 2 aromatic heterocycles. The maximum atomic E-state index is 12.3. The van der Waals surface area contributed by atoms with Crippen LogP contribution in [0.5, 0.6) is 0 Å². The van der Waals surface area contributed by atoms with Crippen LogP contribution in [0.25, 0.3) is 0 Å². The van der Waals surface area contributed by atoms with E-state index in [-0.39, 0.29) is 18.2 Å². The molecule has 0 bridgehead atoms. The highest BCUT2D eigenvalue weighted by Crippen LogP contribution is 2.31. The molecule has 0 fully saturated rings. The number of esters is 1. The first-order chi connectivity index (χ1) is 13.5. The molecule has 0 N–H and O–H groups in total. The Balaban J connectivity index is 1.75. The second kappa shape index (κ2) is 8.71. The van der Waals surface area contributed by atoms with Gasteiger partial charge in [-0.25, -0.2) is 14.8 Å². The number of rotatable bonds is 6. The Morgan fingerprint density at radius 2 is 1.96 bits per heavy atom. The molecule has 0 aliphatic carbocycles. The predicted molar refractivity (Wildman–Crippen MR) is 107 cm³/mol. The van der Waals surface area contributed by atoms with Crippen molar-refractivity contribution < 1.29 is 14.3 Å². The average molecular weight is 396 g/mol. The molecule has 28 heavy (non-hydrogen) atoms. The fourth-order valence-corrected chi connectivity index (χ4v) is 3.48. The molecule has 0 radical (unpaired) electrons. The normalized spacial score (nSPS) is 10.5. The lowest BCUT2D eigenvalue weighted by molar-refractivity contribution is -0.115.